The molecule has 2 rings (SSSR count). The molecule has 0 unspecified atom stereocenters. The van der Waals surface area contributed by atoms with Crippen LogP contribution >= 0.6 is 0 Å². The van der Waals surface area contributed by atoms with Crippen molar-refractivity contribution in [1.29, 1.82) is 0 Å². The molecule has 20 heavy (non-hydrogen) atoms. The van der Waals surface area contributed by atoms with Crippen LogP contribution in [0, 0.1) is 0 Å². The molecule has 0 amide bonds. The van der Waals surface area contributed by atoms with Gasteiger partial charge < -0.3 is 5.32 Å². The van der Waals surface area contributed by atoms with Crippen molar-refractivity contribution in [3.63, 3.8) is 0 Å². The summed E-state index contributed by atoms with van der Waals surface area (Å²) in [5.74, 6) is 0.0978. The molecule has 108 valence electrons. The zero-order valence-electron chi connectivity index (χ0n) is 11.8. The average molecular weight is 292 g/mol. The summed E-state index contributed by atoms with van der Waals surface area (Å²) < 4.78 is 26.4. The number of hydrogen-bond acceptors (Lipinski definition) is 3. The second kappa shape index (κ2) is 6.24. The minimum absolute atomic E-state index is 0.0978. The van der Waals surface area contributed by atoms with Crippen LogP contribution in [0.4, 0.5) is 5.69 Å². The van der Waals surface area contributed by atoms with Gasteiger partial charge in [0.25, 0.3) is 0 Å². The van der Waals surface area contributed by atoms with Gasteiger partial charge in [-0.05, 0) is 25.4 Å². The van der Waals surface area contributed by atoms with Crippen LogP contribution in [0.5, 0.6) is 0 Å². The van der Waals surface area contributed by atoms with Crippen LogP contribution in [0.3, 0.4) is 0 Å². The Hall–Kier alpha value is -1.59. The Balaban J connectivity index is 2.50. The predicted molar refractivity (Wildman–Crippen MR) is 84.7 cm³/mol. The molecule has 2 aromatic rings. The van der Waals surface area contributed by atoms with E-state index in [2.05, 4.69) is 5.32 Å². The van der Waals surface area contributed by atoms with Gasteiger partial charge in [0.2, 0.25) is 10.0 Å². The van der Waals surface area contributed by atoms with E-state index in [9.17, 15) is 8.42 Å². The van der Waals surface area contributed by atoms with Crippen molar-refractivity contribution < 1.29 is 8.42 Å². The van der Waals surface area contributed by atoms with E-state index < -0.39 is 10.0 Å². The fourth-order valence-electron chi connectivity index (χ4n) is 2.28. The highest BCUT2D eigenvalue weighted by Crippen LogP contribution is 2.28. The molecule has 0 atom stereocenters. The summed E-state index contributed by atoms with van der Waals surface area (Å²) in [4.78, 5) is 0. The summed E-state index contributed by atoms with van der Waals surface area (Å²) >= 11 is 0. The van der Waals surface area contributed by atoms with E-state index in [1.807, 2.05) is 49.4 Å². The summed E-state index contributed by atoms with van der Waals surface area (Å²) in [5.41, 5.74) is 0.752. The molecular weight excluding hydrogens is 272 g/mol. The maximum Gasteiger partial charge on any atom is 0.236 e. The standard InChI is InChI=1S/C15H20N2O2S/c1-3-17(20(18,19)12-11-16-2)15-10-6-8-13-7-4-5-9-14(13)15/h4-10,16H,3,11-12H2,1-2H3. The van der Waals surface area contributed by atoms with Crippen LogP contribution in [-0.2, 0) is 10.0 Å². The van der Waals surface area contributed by atoms with Crippen LogP contribution in [0.1, 0.15) is 6.92 Å². The van der Waals surface area contributed by atoms with Gasteiger partial charge in [0.1, 0.15) is 0 Å². The Morgan fingerprint density at radius 1 is 1.10 bits per heavy atom. The third-order valence-corrected chi connectivity index (χ3v) is 5.11. The zero-order chi connectivity index (χ0) is 14.6. The fraction of sp³-hybridized carbons (Fsp3) is 0.333. The second-order valence-corrected chi connectivity index (χ2v) is 6.60. The summed E-state index contributed by atoms with van der Waals surface area (Å²) in [6.07, 6.45) is 0. The number of rotatable bonds is 6. The van der Waals surface area contributed by atoms with Crippen LogP contribution in [0.2, 0.25) is 0 Å². The minimum atomic E-state index is -3.31. The van der Waals surface area contributed by atoms with E-state index in [1.54, 1.807) is 7.05 Å². The van der Waals surface area contributed by atoms with Crippen molar-refractivity contribution in [3.8, 4) is 0 Å². The van der Waals surface area contributed by atoms with Crippen molar-refractivity contribution in [2.75, 3.05) is 30.2 Å². The van der Waals surface area contributed by atoms with Gasteiger partial charge in [-0.25, -0.2) is 8.42 Å². The van der Waals surface area contributed by atoms with Gasteiger partial charge in [0.15, 0.2) is 0 Å². The Bertz CT molecular complexity index is 678. The molecule has 4 nitrogen and oxygen atoms in total. The number of sulfonamides is 1. The Morgan fingerprint density at radius 2 is 1.80 bits per heavy atom. The second-order valence-electron chi connectivity index (χ2n) is 4.58. The quantitative estimate of drug-likeness (QED) is 0.888. The summed E-state index contributed by atoms with van der Waals surface area (Å²) in [7, 11) is -1.55. The molecule has 0 saturated carbocycles. The smallest absolute Gasteiger partial charge is 0.236 e. The molecule has 2 aromatic carbocycles. The number of anilines is 1. The molecule has 0 fully saturated rings. The molecule has 0 spiro atoms. The topological polar surface area (TPSA) is 49.4 Å². The molecule has 0 saturated heterocycles. The number of hydrogen-bond donors (Lipinski definition) is 1. The maximum atomic E-state index is 12.5. The van der Waals surface area contributed by atoms with Crippen molar-refractivity contribution in [2.45, 2.75) is 6.92 Å². The lowest BCUT2D eigenvalue weighted by atomic mass is 10.1. The van der Waals surface area contributed by atoms with Crippen LogP contribution in [0.25, 0.3) is 10.8 Å². The Labute approximate surface area is 120 Å². The average Bonchev–Trinajstić information content (AvgIpc) is 2.46. The van der Waals surface area contributed by atoms with E-state index in [0.717, 1.165) is 16.5 Å². The van der Waals surface area contributed by atoms with Gasteiger partial charge in [0.05, 0.1) is 11.4 Å². The van der Waals surface area contributed by atoms with Crippen molar-refractivity contribution in [2.24, 2.45) is 0 Å². The van der Waals surface area contributed by atoms with E-state index in [0.29, 0.717) is 13.1 Å². The SMILES string of the molecule is CCN(c1cccc2ccccc12)S(=O)(=O)CCNC. The van der Waals surface area contributed by atoms with E-state index >= 15 is 0 Å². The first-order valence-electron chi connectivity index (χ1n) is 6.73. The Morgan fingerprint density at radius 3 is 2.50 bits per heavy atom. The summed E-state index contributed by atoms with van der Waals surface area (Å²) in [6, 6.07) is 13.6. The number of nitrogens with one attached hydrogen (secondary N) is 1. The normalized spacial score (nSPS) is 11.7. The van der Waals surface area contributed by atoms with E-state index in [1.165, 1.54) is 4.31 Å². The molecule has 5 heteroatoms. The highest BCUT2D eigenvalue weighted by molar-refractivity contribution is 7.92. The molecule has 0 heterocycles. The minimum Gasteiger partial charge on any atom is -0.319 e. The van der Waals surface area contributed by atoms with Gasteiger partial charge >= 0.3 is 0 Å². The Kier molecular flexibility index (Phi) is 4.62. The van der Waals surface area contributed by atoms with Crippen molar-refractivity contribution >= 4 is 26.5 Å². The third-order valence-electron chi connectivity index (χ3n) is 3.27. The first kappa shape index (κ1) is 14.8. The van der Waals surface area contributed by atoms with E-state index in [-0.39, 0.29) is 5.75 Å². The largest absolute Gasteiger partial charge is 0.319 e. The molecule has 1 N–H and O–H groups in total. The van der Waals surface area contributed by atoms with E-state index in [4.69, 9.17) is 0 Å². The highest BCUT2D eigenvalue weighted by atomic mass is 32.2. The number of fused-ring (bicyclic) bond motifs is 1. The predicted octanol–water partition coefficient (Wildman–Crippen LogP) is 2.22. The molecule has 0 aliphatic carbocycles. The molecule has 0 aliphatic rings. The molecule has 0 bridgehead atoms. The lowest BCUT2D eigenvalue weighted by molar-refractivity contribution is 0.589. The lowest BCUT2D eigenvalue weighted by Gasteiger charge is -2.24. The number of nitrogens with zero attached hydrogens (tertiary/aromatic N) is 1. The van der Waals surface area contributed by atoms with Gasteiger partial charge in [-0.15, -0.1) is 0 Å². The van der Waals surface area contributed by atoms with Crippen molar-refractivity contribution in [3.05, 3.63) is 42.5 Å². The first-order valence-corrected chi connectivity index (χ1v) is 8.34. The summed E-state index contributed by atoms with van der Waals surface area (Å²) in [6.45, 7) is 2.74. The molecular formula is C15H20N2O2S. The van der Waals surface area contributed by atoms with Gasteiger partial charge in [0, 0.05) is 18.5 Å². The third kappa shape index (κ3) is 2.94. The molecule has 0 aliphatic heterocycles. The monoisotopic (exact) mass is 292 g/mol. The highest BCUT2D eigenvalue weighted by Gasteiger charge is 2.21. The number of benzene rings is 2. The fourth-order valence-corrected chi connectivity index (χ4v) is 3.82. The molecule has 0 radical (unpaired) electrons. The van der Waals surface area contributed by atoms with Crippen molar-refractivity contribution in [1.82, 2.24) is 5.32 Å². The zero-order valence-corrected chi connectivity index (χ0v) is 12.7. The van der Waals surface area contributed by atoms with Gasteiger partial charge in [-0.1, -0.05) is 36.4 Å². The lowest BCUT2D eigenvalue weighted by Crippen LogP contribution is -2.35. The summed E-state index contributed by atoms with van der Waals surface area (Å²) in [5, 5.41) is 4.90. The maximum absolute atomic E-state index is 12.5. The first-order chi connectivity index (χ1) is 9.60. The molecule has 0 aromatic heterocycles. The van der Waals surface area contributed by atoms with Crippen LogP contribution < -0.4 is 9.62 Å². The van der Waals surface area contributed by atoms with Crippen LogP contribution in [-0.4, -0.2) is 34.3 Å². The van der Waals surface area contributed by atoms with Gasteiger partial charge in [-0.3, -0.25) is 4.31 Å². The van der Waals surface area contributed by atoms with Crippen LogP contribution in [0.15, 0.2) is 42.5 Å². The van der Waals surface area contributed by atoms with Gasteiger partial charge in [-0.2, -0.15) is 0 Å².